The average molecular weight is 425 g/mol. The zero-order chi connectivity index (χ0) is 21.9. The molecule has 1 aromatic heterocycles. The molecule has 0 radical (unpaired) electrons. The van der Waals surface area contributed by atoms with Gasteiger partial charge in [0.15, 0.2) is 0 Å². The van der Waals surface area contributed by atoms with Crippen molar-refractivity contribution in [2.75, 3.05) is 30.3 Å². The fourth-order valence-electron chi connectivity index (χ4n) is 3.99. The van der Waals surface area contributed by atoms with Gasteiger partial charge in [-0.15, -0.1) is 0 Å². The van der Waals surface area contributed by atoms with Gasteiger partial charge in [-0.3, -0.25) is 9.69 Å². The Bertz CT molecular complexity index is 1220. The number of aromatic hydroxyl groups is 1. The highest BCUT2D eigenvalue weighted by molar-refractivity contribution is 6.00. The number of nitrogens with one attached hydrogen (secondary N) is 2. The largest absolute Gasteiger partial charge is 0.508 e. The first-order valence-electron chi connectivity index (χ1n) is 10.7. The first-order chi connectivity index (χ1) is 15.6. The van der Waals surface area contributed by atoms with Crippen molar-refractivity contribution in [3.63, 3.8) is 0 Å². The third kappa shape index (κ3) is 4.41. The Kier molecular flexibility index (Phi) is 5.44. The van der Waals surface area contributed by atoms with Gasteiger partial charge in [-0.1, -0.05) is 11.8 Å². The van der Waals surface area contributed by atoms with Gasteiger partial charge in [-0.05, 0) is 68.4 Å². The molecule has 0 saturated carbocycles. The normalized spacial score (nSPS) is 15.1. The second-order valence-corrected chi connectivity index (χ2v) is 8.01. The molecule has 1 saturated heterocycles. The molecule has 0 unspecified atom stereocenters. The summed E-state index contributed by atoms with van der Waals surface area (Å²) in [5, 5.41) is 15.6. The number of likely N-dealkylation sites (tertiary alicyclic amines) is 1. The van der Waals surface area contributed by atoms with E-state index >= 15 is 0 Å². The Morgan fingerprint density at radius 1 is 1.12 bits per heavy atom. The lowest BCUT2D eigenvalue weighted by Gasteiger charge is -2.11. The van der Waals surface area contributed by atoms with Crippen molar-refractivity contribution in [3.05, 3.63) is 59.8 Å². The molecular formula is C25H23N5O2. The van der Waals surface area contributed by atoms with Crippen LogP contribution in [0.1, 0.15) is 24.0 Å². The number of fused-ring (bicyclic) bond motifs is 3. The van der Waals surface area contributed by atoms with E-state index in [0.29, 0.717) is 17.3 Å². The number of hydrogen-bond donors (Lipinski definition) is 3. The smallest absolute Gasteiger partial charge is 0.228 e. The van der Waals surface area contributed by atoms with Crippen LogP contribution >= 0.6 is 0 Å². The summed E-state index contributed by atoms with van der Waals surface area (Å²) < 4.78 is 0. The Labute approximate surface area is 186 Å². The van der Waals surface area contributed by atoms with Crippen LogP contribution < -0.4 is 10.6 Å². The van der Waals surface area contributed by atoms with Gasteiger partial charge < -0.3 is 15.7 Å². The number of carbonyl (C=O) groups is 1. The van der Waals surface area contributed by atoms with E-state index in [4.69, 9.17) is 4.98 Å². The van der Waals surface area contributed by atoms with Crippen LogP contribution in [0.25, 0.3) is 11.3 Å². The summed E-state index contributed by atoms with van der Waals surface area (Å²) in [5.41, 5.74) is 4.66. The second-order valence-electron chi connectivity index (χ2n) is 8.01. The number of aromatic nitrogens is 2. The van der Waals surface area contributed by atoms with E-state index < -0.39 is 0 Å². The molecule has 3 aromatic rings. The summed E-state index contributed by atoms with van der Waals surface area (Å²) in [6.45, 7) is 3.01. The fraction of sp³-hybridized carbons (Fsp3) is 0.240. The van der Waals surface area contributed by atoms with Gasteiger partial charge >= 0.3 is 0 Å². The predicted molar refractivity (Wildman–Crippen MR) is 124 cm³/mol. The number of carbonyl (C=O) groups excluding carboxylic acids is 1. The summed E-state index contributed by atoms with van der Waals surface area (Å²) in [6, 6.07) is 12.5. The lowest BCUT2D eigenvalue weighted by atomic mass is 10.0. The van der Waals surface area contributed by atoms with E-state index in [9.17, 15) is 9.90 Å². The average Bonchev–Trinajstić information content (AvgIpc) is 3.26. The van der Waals surface area contributed by atoms with Crippen LogP contribution in [0.15, 0.2) is 48.7 Å². The maximum atomic E-state index is 12.4. The summed E-state index contributed by atoms with van der Waals surface area (Å²) in [5.74, 6) is 7.04. The van der Waals surface area contributed by atoms with Crippen molar-refractivity contribution in [2.24, 2.45) is 0 Å². The molecule has 5 rings (SSSR count). The van der Waals surface area contributed by atoms with Crippen molar-refractivity contribution >= 4 is 23.2 Å². The Morgan fingerprint density at radius 2 is 1.94 bits per heavy atom. The summed E-state index contributed by atoms with van der Waals surface area (Å²) >= 11 is 0. The van der Waals surface area contributed by atoms with Gasteiger partial charge in [-0.2, -0.15) is 0 Å². The molecule has 0 aliphatic carbocycles. The van der Waals surface area contributed by atoms with Crippen LogP contribution in [0, 0.1) is 11.8 Å². The molecule has 0 atom stereocenters. The summed E-state index contributed by atoms with van der Waals surface area (Å²) in [7, 11) is 0. The van der Waals surface area contributed by atoms with Gasteiger partial charge in [0.25, 0.3) is 0 Å². The lowest BCUT2D eigenvalue weighted by Crippen LogP contribution is -2.18. The van der Waals surface area contributed by atoms with E-state index in [0.717, 1.165) is 42.0 Å². The van der Waals surface area contributed by atoms with Crippen molar-refractivity contribution in [3.8, 4) is 28.8 Å². The van der Waals surface area contributed by atoms with E-state index in [1.54, 1.807) is 30.5 Å². The Morgan fingerprint density at radius 3 is 2.75 bits per heavy atom. The van der Waals surface area contributed by atoms with Crippen LogP contribution in [-0.2, 0) is 11.2 Å². The number of rotatable bonds is 3. The maximum absolute atomic E-state index is 12.4. The first kappa shape index (κ1) is 20.0. The van der Waals surface area contributed by atoms with Gasteiger partial charge in [0.1, 0.15) is 5.75 Å². The SMILES string of the molecule is O=C1Cc2cnc(Nc3ccc(O)cc3)nc2-c2cc(C#CCN3CCCC3)ccc2N1. The zero-order valence-electron chi connectivity index (χ0n) is 17.6. The highest BCUT2D eigenvalue weighted by atomic mass is 16.3. The molecule has 3 heterocycles. The number of benzene rings is 2. The molecule has 2 aromatic carbocycles. The Hall–Kier alpha value is -3.89. The molecule has 0 bridgehead atoms. The molecule has 160 valence electrons. The molecule has 7 nitrogen and oxygen atoms in total. The van der Waals surface area contributed by atoms with E-state index in [1.807, 2.05) is 18.2 Å². The molecule has 7 heteroatoms. The number of anilines is 3. The van der Waals surface area contributed by atoms with Crippen molar-refractivity contribution in [1.82, 2.24) is 14.9 Å². The summed E-state index contributed by atoms with van der Waals surface area (Å²) in [6.07, 6.45) is 4.39. The highest BCUT2D eigenvalue weighted by Gasteiger charge is 2.21. The third-order valence-electron chi connectivity index (χ3n) is 5.62. The van der Waals surface area contributed by atoms with Crippen molar-refractivity contribution in [2.45, 2.75) is 19.3 Å². The minimum absolute atomic E-state index is 0.0966. The number of phenols is 1. The summed E-state index contributed by atoms with van der Waals surface area (Å²) in [4.78, 5) is 23.8. The number of hydrogen-bond acceptors (Lipinski definition) is 6. The predicted octanol–water partition coefficient (Wildman–Crippen LogP) is 3.53. The molecule has 0 spiro atoms. The van der Waals surface area contributed by atoms with Crippen LogP contribution in [0.3, 0.4) is 0 Å². The van der Waals surface area contributed by atoms with Crippen molar-refractivity contribution in [1.29, 1.82) is 0 Å². The molecule has 1 amide bonds. The Balaban J connectivity index is 1.47. The molecule has 2 aliphatic rings. The van der Waals surface area contributed by atoms with Crippen LogP contribution in [0.5, 0.6) is 5.75 Å². The van der Waals surface area contributed by atoms with E-state index in [1.165, 1.54) is 12.8 Å². The molecule has 2 aliphatic heterocycles. The van der Waals surface area contributed by atoms with Gasteiger partial charge in [-0.25, -0.2) is 9.97 Å². The second kappa shape index (κ2) is 8.69. The lowest BCUT2D eigenvalue weighted by molar-refractivity contribution is -0.115. The molecular weight excluding hydrogens is 402 g/mol. The quantitative estimate of drug-likeness (QED) is 0.439. The molecule has 32 heavy (non-hydrogen) atoms. The van der Waals surface area contributed by atoms with E-state index in [2.05, 4.69) is 32.4 Å². The minimum Gasteiger partial charge on any atom is -0.508 e. The number of nitrogens with zero attached hydrogens (tertiary/aromatic N) is 3. The minimum atomic E-state index is -0.0966. The van der Waals surface area contributed by atoms with Gasteiger partial charge in [0.05, 0.1) is 24.3 Å². The molecule has 1 fully saturated rings. The van der Waals surface area contributed by atoms with Gasteiger partial charge in [0.2, 0.25) is 11.9 Å². The third-order valence-corrected chi connectivity index (χ3v) is 5.62. The van der Waals surface area contributed by atoms with Crippen LogP contribution in [-0.4, -0.2) is 45.5 Å². The van der Waals surface area contributed by atoms with Crippen LogP contribution in [0.4, 0.5) is 17.3 Å². The fourth-order valence-corrected chi connectivity index (χ4v) is 3.99. The first-order valence-corrected chi connectivity index (χ1v) is 10.7. The van der Waals surface area contributed by atoms with Crippen molar-refractivity contribution < 1.29 is 9.90 Å². The molecule has 3 N–H and O–H groups in total. The number of amides is 1. The van der Waals surface area contributed by atoms with Crippen LogP contribution in [0.2, 0.25) is 0 Å². The standard InChI is InChI=1S/C25H23N5O2/c31-20-8-6-19(7-9-20)27-25-26-16-18-15-23(32)28-22-10-5-17(14-21(22)24(18)29-25)4-3-13-30-11-1-2-12-30/h5-10,14,16,31H,1-2,11-13,15H2,(H,28,32)(H,26,27,29). The zero-order valence-corrected chi connectivity index (χ0v) is 17.6. The van der Waals surface area contributed by atoms with E-state index in [-0.39, 0.29) is 18.1 Å². The highest BCUT2D eigenvalue weighted by Crippen LogP contribution is 2.34. The van der Waals surface area contributed by atoms with Gasteiger partial charge in [0, 0.05) is 28.6 Å². The monoisotopic (exact) mass is 425 g/mol. The topological polar surface area (TPSA) is 90.4 Å². The maximum Gasteiger partial charge on any atom is 0.228 e. The number of phenolic OH excluding ortho intramolecular Hbond substituents is 1.